The molecular weight excluding hydrogens is 304 g/mol. The Bertz CT molecular complexity index is 762. The van der Waals surface area contributed by atoms with E-state index >= 15 is 0 Å². The highest BCUT2D eigenvalue weighted by Crippen LogP contribution is 2.14. The maximum Gasteiger partial charge on any atom is 0.270 e. The van der Waals surface area contributed by atoms with E-state index in [-0.39, 0.29) is 11.4 Å². The van der Waals surface area contributed by atoms with Crippen LogP contribution in [0.1, 0.15) is 24.5 Å². The minimum absolute atomic E-state index is 0.0481. The minimum Gasteiger partial charge on any atom is -0.508 e. The van der Waals surface area contributed by atoms with Crippen molar-refractivity contribution in [3.05, 3.63) is 69.8 Å². The summed E-state index contributed by atoms with van der Waals surface area (Å²) in [5, 5.41) is 20.3. The lowest BCUT2D eigenvalue weighted by atomic mass is 10.2. The lowest BCUT2D eigenvalue weighted by Crippen LogP contribution is -2.24. The number of hydrogen-bond donors (Lipinski definition) is 1. The first kappa shape index (κ1) is 17.5. The van der Waals surface area contributed by atoms with Gasteiger partial charge in [0.15, 0.2) is 0 Å². The fraction of sp³-hybridized carbons (Fsp3) is 0.263. The monoisotopic (exact) mass is 324 g/mol. The van der Waals surface area contributed by atoms with Gasteiger partial charge in [-0.1, -0.05) is 37.0 Å². The molecule has 0 aliphatic rings. The molecule has 0 spiro atoms. The van der Waals surface area contributed by atoms with Crippen molar-refractivity contribution in [3.63, 3.8) is 0 Å². The van der Waals surface area contributed by atoms with Crippen LogP contribution in [0, 0.1) is 22.0 Å². The fourth-order valence-electron chi connectivity index (χ4n) is 2.39. The van der Waals surface area contributed by atoms with E-state index in [1.807, 2.05) is 12.1 Å². The van der Waals surface area contributed by atoms with Crippen molar-refractivity contribution >= 4 is 5.69 Å². The molecule has 0 bridgehead atoms. The molecule has 0 heterocycles. The Kier molecular flexibility index (Phi) is 6.35. The molecule has 5 nitrogen and oxygen atoms in total. The van der Waals surface area contributed by atoms with Gasteiger partial charge in [-0.05, 0) is 36.7 Å². The van der Waals surface area contributed by atoms with E-state index in [1.54, 1.807) is 24.3 Å². The quantitative estimate of drug-likeness (QED) is 0.501. The van der Waals surface area contributed by atoms with Gasteiger partial charge in [0.25, 0.3) is 5.69 Å². The molecule has 0 aliphatic carbocycles. The van der Waals surface area contributed by atoms with Crippen LogP contribution in [0.2, 0.25) is 0 Å². The van der Waals surface area contributed by atoms with Crippen molar-refractivity contribution < 1.29 is 10.0 Å². The van der Waals surface area contributed by atoms with Crippen LogP contribution in [-0.4, -0.2) is 28.0 Å². The van der Waals surface area contributed by atoms with Gasteiger partial charge in [-0.2, -0.15) is 0 Å². The molecule has 0 amide bonds. The molecule has 2 aromatic rings. The zero-order chi connectivity index (χ0) is 17.4. The molecule has 0 aromatic heterocycles. The number of benzene rings is 2. The van der Waals surface area contributed by atoms with Crippen molar-refractivity contribution in [1.82, 2.24) is 4.90 Å². The molecule has 0 radical (unpaired) electrons. The smallest absolute Gasteiger partial charge is 0.270 e. The number of phenols is 1. The van der Waals surface area contributed by atoms with Crippen LogP contribution in [0.5, 0.6) is 5.75 Å². The third-order valence-electron chi connectivity index (χ3n) is 3.45. The predicted molar refractivity (Wildman–Crippen MR) is 93.6 cm³/mol. The largest absolute Gasteiger partial charge is 0.508 e. The fourth-order valence-corrected chi connectivity index (χ4v) is 2.39. The standard InChI is InChI=1S/C19H20N2O3/c1-2-11-20(15-17-7-4-10-19(22)14-17)12-5-8-16-6-3-9-18(13-16)21(23)24/h3-4,6-7,9-10,13-14,22H,2,11-12,15H2,1H3. The summed E-state index contributed by atoms with van der Waals surface area (Å²) < 4.78 is 0. The molecule has 0 unspecified atom stereocenters. The zero-order valence-corrected chi connectivity index (χ0v) is 13.6. The molecule has 2 rings (SSSR count). The Balaban J connectivity index is 2.04. The van der Waals surface area contributed by atoms with Gasteiger partial charge >= 0.3 is 0 Å². The minimum atomic E-state index is -0.420. The summed E-state index contributed by atoms with van der Waals surface area (Å²) in [4.78, 5) is 12.5. The van der Waals surface area contributed by atoms with Gasteiger partial charge in [0.2, 0.25) is 0 Å². The topological polar surface area (TPSA) is 66.6 Å². The Morgan fingerprint density at radius 1 is 1.21 bits per heavy atom. The van der Waals surface area contributed by atoms with Crippen LogP contribution in [-0.2, 0) is 6.54 Å². The average molecular weight is 324 g/mol. The van der Waals surface area contributed by atoms with Gasteiger partial charge in [-0.25, -0.2) is 0 Å². The van der Waals surface area contributed by atoms with E-state index in [0.29, 0.717) is 18.7 Å². The number of nitro benzene ring substituents is 1. The van der Waals surface area contributed by atoms with E-state index < -0.39 is 4.92 Å². The van der Waals surface area contributed by atoms with Gasteiger partial charge in [0.1, 0.15) is 5.75 Å². The maximum atomic E-state index is 10.8. The second-order valence-corrected chi connectivity index (χ2v) is 5.49. The number of aromatic hydroxyl groups is 1. The first-order valence-corrected chi connectivity index (χ1v) is 7.82. The van der Waals surface area contributed by atoms with Crippen LogP contribution in [0.4, 0.5) is 5.69 Å². The number of rotatable bonds is 6. The first-order chi connectivity index (χ1) is 11.6. The first-order valence-electron chi connectivity index (χ1n) is 7.82. The van der Waals surface area contributed by atoms with E-state index in [0.717, 1.165) is 18.5 Å². The SMILES string of the molecule is CCCN(CC#Cc1cccc([N+](=O)[O-])c1)Cc1cccc(O)c1. The molecule has 2 aromatic carbocycles. The highest BCUT2D eigenvalue weighted by Gasteiger charge is 2.05. The number of nitrogens with zero attached hydrogens (tertiary/aromatic N) is 2. The predicted octanol–water partition coefficient (Wildman–Crippen LogP) is 3.56. The summed E-state index contributed by atoms with van der Waals surface area (Å²) in [5.74, 6) is 6.32. The van der Waals surface area contributed by atoms with Crippen LogP contribution in [0.25, 0.3) is 0 Å². The summed E-state index contributed by atoms with van der Waals surface area (Å²) in [7, 11) is 0. The molecule has 124 valence electrons. The van der Waals surface area contributed by atoms with Gasteiger partial charge < -0.3 is 5.11 Å². The van der Waals surface area contributed by atoms with Gasteiger partial charge in [0, 0.05) is 24.2 Å². The number of phenolic OH excluding ortho intramolecular Hbond substituents is 1. The van der Waals surface area contributed by atoms with Crippen molar-refractivity contribution in [2.45, 2.75) is 19.9 Å². The molecular formula is C19H20N2O3. The Hall–Kier alpha value is -2.84. The lowest BCUT2D eigenvalue weighted by Gasteiger charge is -2.18. The number of nitro groups is 1. The van der Waals surface area contributed by atoms with E-state index in [2.05, 4.69) is 23.7 Å². The van der Waals surface area contributed by atoms with Crippen LogP contribution < -0.4 is 0 Å². The molecule has 0 saturated heterocycles. The Morgan fingerprint density at radius 2 is 2.00 bits per heavy atom. The molecule has 0 saturated carbocycles. The van der Waals surface area contributed by atoms with Crippen molar-refractivity contribution in [2.75, 3.05) is 13.1 Å². The second kappa shape index (κ2) is 8.70. The van der Waals surface area contributed by atoms with Gasteiger partial charge in [-0.15, -0.1) is 0 Å². The Morgan fingerprint density at radius 3 is 2.71 bits per heavy atom. The van der Waals surface area contributed by atoms with Crippen LogP contribution in [0.3, 0.4) is 0 Å². The third-order valence-corrected chi connectivity index (χ3v) is 3.45. The summed E-state index contributed by atoms with van der Waals surface area (Å²) in [5.41, 5.74) is 1.71. The van der Waals surface area contributed by atoms with Crippen LogP contribution >= 0.6 is 0 Å². The Labute approximate surface area is 141 Å². The van der Waals surface area contributed by atoms with E-state index in [4.69, 9.17) is 0 Å². The second-order valence-electron chi connectivity index (χ2n) is 5.49. The molecule has 5 heteroatoms. The lowest BCUT2D eigenvalue weighted by molar-refractivity contribution is -0.384. The summed E-state index contributed by atoms with van der Waals surface area (Å²) in [6, 6.07) is 13.5. The molecule has 0 aliphatic heterocycles. The maximum absolute atomic E-state index is 10.8. The average Bonchev–Trinajstić information content (AvgIpc) is 2.55. The van der Waals surface area contributed by atoms with E-state index in [1.165, 1.54) is 12.1 Å². The molecule has 0 fully saturated rings. The van der Waals surface area contributed by atoms with Gasteiger partial charge in [-0.3, -0.25) is 15.0 Å². The van der Waals surface area contributed by atoms with Crippen LogP contribution in [0.15, 0.2) is 48.5 Å². The number of hydrogen-bond acceptors (Lipinski definition) is 4. The van der Waals surface area contributed by atoms with E-state index in [9.17, 15) is 15.2 Å². The number of non-ortho nitro benzene ring substituents is 1. The summed E-state index contributed by atoms with van der Waals surface area (Å²) in [6.45, 7) is 4.25. The third kappa shape index (κ3) is 5.41. The highest BCUT2D eigenvalue weighted by molar-refractivity contribution is 5.43. The summed E-state index contributed by atoms with van der Waals surface area (Å²) in [6.07, 6.45) is 0.997. The molecule has 1 N–H and O–H groups in total. The zero-order valence-electron chi connectivity index (χ0n) is 13.6. The van der Waals surface area contributed by atoms with Crippen molar-refractivity contribution in [2.24, 2.45) is 0 Å². The van der Waals surface area contributed by atoms with Crippen molar-refractivity contribution in [3.8, 4) is 17.6 Å². The molecule has 0 atom stereocenters. The van der Waals surface area contributed by atoms with Gasteiger partial charge in [0.05, 0.1) is 11.5 Å². The summed E-state index contributed by atoms with van der Waals surface area (Å²) >= 11 is 0. The molecule has 24 heavy (non-hydrogen) atoms. The van der Waals surface area contributed by atoms with Crippen molar-refractivity contribution in [1.29, 1.82) is 0 Å². The highest BCUT2D eigenvalue weighted by atomic mass is 16.6. The normalized spacial score (nSPS) is 10.2.